The first kappa shape index (κ1) is 18.9. The molecule has 8 heteroatoms. The molecule has 0 aliphatic carbocycles. The molecule has 1 N–H and O–H groups in total. The van der Waals surface area contributed by atoms with E-state index in [1.165, 1.54) is 18.0 Å². The summed E-state index contributed by atoms with van der Waals surface area (Å²) < 4.78 is 7.64. The molecular weight excluding hydrogens is 404 g/mol. The van der Waals surface area contributed by atoms with Crippen molar-refractivity contribution in [2.75, 3.05) is 5.75 Å². The Balaban J connectivity index is 1.29. The number of furan rings is 1. The van der Waals surface area contributed by atoms with E-state index in [1.54, 1.807) is 29.5 Å². The quantitative estimate of drug-likeness (QED) is 0.279. The van der Waals surface area contributed by atoms with Gasteiger partial charge in [-0.05, 0) is 48.5 Å². The molecule has 142 valence electrons. The average molecular weight is 419 g/mol. The van der Waals surface area contributed by atoms with Gasteiger partial charge >= 0.3 is 0 Å². The Hall–Kier alpha value is -3.41. The molecule has 2 aromatic heterocycles. The minimum absolute atomic E-state index is 0.218. The number of thioether (sulfide) groups is 1. The van der Waals surface area contributed by atoms with Crippen molar-refractivity contribution in [2.24, 2.45) is 5.10 Å². The van der Waals surface area contributed by atoms with E-state index < -0.39 is 0 Å². The van der Waals surface area contributed by atoms with Crippen molar-refractivity contribution in [1.29, 1.82) is 5.26 Å². The van der Waals surface area contributed by atoms with Crippen LogP contribution in [0.3, 0.4) is 0 Å². The van der Waals surface area contributed by atoms with Crippen LogP contribution >= 0.6 is 23.1 Å². The molecule has 0 bridgehead atoms. The number of amides is 1. The zero-order valence-electron chi connectivity index (χ0n) is 15.0. The predicted molar refractivity (Wildman–Crippen MR) is 115 cm³/mol. The van der Waals surface area contributed by atoms with Gasteiger partial charge in [0.1, 0.15) is 11.5 Å². The van der Waals surface area contributed by atoms with Crippen molar-refractivity contribution >= 4 is 45.4 Å². The predicted octanol–water partition coefficient (Wildman–Crippen LogP) is 4.67. The number of nitrogens with zero attached hydrogens (tertiary/aromatic N) is 3. The zero-order valence-corrected chi connectivity index (χ0v) is 16.7. The van der Waals surface area contributed by atoms with Crippen LogP contribution < -0.4 is 5.43 Å². The summed E-state index contributed by atoms with van der Waals surface area (Å²) in [4.78, 5) is 16.5. The number of benzene rings is 2. The SMILES string of the molecule is N#Cc1ccc(-c2ccc(/C=N\NC(=O)CSc3nc4ccccc4s3)o2)cc1. The normalized spacial score (nSPS) is 11.0. The van der Waals surface area contributed by atoms with Gasteiger partial charge < -0.3 is 4.42 Å². The Morgan fingerprint density at radius 3 is 2.83 bits per heavy atom. The van der Waals surface area contributed by atoms with Gasteiger partial charge in [0.2, 0.25) is 0 Å². The second kappa shape index (κ2) is 8.73. The number of nitriles is 1. The van der Waals surface area contributed by atoms with E-state index in [9.17, 15) is 4.79 Å². The van der Waals surface area contributed by atoms with Crippen molar-refractivity contribution in [3.8, 4) is 17.4 Å². The first-order valence-electron chi connectivity index (χ1n) is 8.62. The highest BCUT2D eigenvalue weighted by Crippen LogP contribution is 2.29. The van der Waals surface area contributed by atoms with E-state index in [0.29, 0.717) is 17.1 Å². The molecule has 0 radical (unpaired) electrons. The first-order chi connectivity index (χ1) is 14.2. The molecule has 6 nitrogen and oxygen atoms in total. The van der Waals surface area contributed by atoms with E-state index >= 15 is 0 Å². The van der Waals surface area contributed by atoms with Gasteiger partial charge in [0.15, 0.2) is 4.34 Å². The van der Waals surface area contributed by atoms with Crippen LogP contribution in [-0.2, 0) is 4.79 Å². The van der Waals surface area contributed by atoms with Crippen LogP contribution in [0.25, 0.3) is 21.5 Å². The van der Waals surface area contributed by atoms with Gasteiger partial charge in [-0.15, -0.1) is 11.3 Å². The summed E-state index contributed by atoms with van der Waals surface area (Å²) >= 11 is 2.94. The number of fused-ring (bicyclic) bond motifs is 1. The molecule has 0 saturated carbocycles. The molecule has 4 rings (SSSR count). The van der Waals surface area contributed by atoms with Crippen LogP contribution in [0.5, 0.6) is 0 Å². The Kier molecular flexibility index (Phi) is 5.70. The van der Waals surface area contributed by atoms with E-state index in [2.05, 4.69) is 21.6 Å². The fraction of sp³-hybridized carbons (Fsp3) is 0.0476. The van der Waals surface area contributed by atoms with E-state index in [-0.39, 0.29) is 11.7 Å². The van der Waals surface area contributed by atoms with Crippen molar-refractivity contribution in [3.63, 3.8) is 0 Å². The molecule has 0 aliphatic rings. The first-order valence-corrected chi connectivity index (χ1v) is 10.4. The molecule has 4 aromatic rings. The lowest BCUT2D eigenvalue weighted by atomic mass is 10.1. The minimum Gasteiger partial charge on any atom is -0.455 e. The second-order valence-electron chi connectivity index (χ2n) is 5.92. The molecular formula is C21H14N4O2S2. The number of hydrogen-bond donors (Lipinski definition) is 1. The Morgan fingerprint density at radius 2 is 2.03 bits per heavy atom. The van der Waals surface area contributed by atoms with Crippen LogP contribution in [0.2, 0.25) is 0 Å². The van der Waals surface area contributed by atoms with Gasteiger partial charge in [0, 0.05) is 5.56 Å². The lowest BCUT2D eigenvalue weighted by molar-refractivity contribution is -0.118. The molecule has 0 spiro atoms. The number of hydrogen-bond acceptors (Lipinski definition) is 7. The minimum atomic E-state index is -0.218. The largest absolute Gasteiger partial charge is 0.455 e. The monoisotopic (exact) mass is 418 g/mol. The van der Waals surface area contributed by atoms with Gasteiger partial charge in [-0.2, -0.15) is 10.4 Å². The number of thiazole rings is 1. The summed E-state index contributed by atoms with van der Waals surface area (Å²) in [6.07, 6.45) is 1.45. The van der Waals surface area contributed by atoms with E-state index in [0.717, 1.165) is 20.1 Å². The summed E-state index contributed by atoms with van der Waals surface area (Å²) in [5.74, 6) is 1.19. The Labute approximate surface area is 174 Å². The van der Waals surface area contributed by atoms with Crippen molar-refractivity contribution in [3.05, 3.63) is 72.0 Å². The van der Waals surface area contributed by atoms with Crippen molar-refractivity contribution in [1.82, 2.24) is 10.4 Å². The smallest absolute Gasteiger partial charge is 0.250 e. The highest BCUT2D eigenvalue weighted by molar-refractivity contribution is 8.01. The van der Waals surface area contributed by atoms with Gasteiger partial charge in [-0.25, -0.2) is 10.4 Å². The molecule has 0 aliphatic heterocycles. The lowest BCUT2D eigenvalue weighted by Crippen LogP contribution is -2.19. The second-order valence-corrected chi connectivity index (χ2v) is 8.17. The van der Waals surface area contributed by atoms with E-state index in [1.807, 2.05) is 42.5 Å². The summed E-state index contributed by atoms with van der Waals surface area (Å²) in [6, 6.07) is 20.6. The summed E-state index contributed by atoms with van der Waals surface area (Å²) in [5.41, 5.74) is 4.88. The lowest BCUT2D eigenvalue weighted by Gasteiger charge is -1.97. The number of para-hydroxylation sites is 1. The maximum Gasteiger partial charge on any atom is 0.250 e. The third-order valence-electron chi connectivity index (χ3n) is 3.91. The molecule has 29 heavy (non-hydrogen) atoms. The van der Waals surface area contributed by atoms with Crippen molar-refractivity contribution in [2.45, 2.75) is 4.34 Å². The molecule has 1 amide bonds. The zero-order chi connectivity index (χ0) is 20.1. The molecule has 0 unspecified atom stereocenters. The number of carbonyl (C=O) groups excluding carboxylic acids is 1. The highest BCUT2D eigenvalue weighted by atomic mass is 32.2. The molecule has 0 saturated heterocycles. The third kappa shape index (κ3) is 4.71. The Bertz CT molecular complexity index is 1190. The number of rotatable bonds is 6. The topological polar surface area (TPSA) is 91.3 Å². The van der Waals surface area contributed by atoms with Crippen LogP contribution in [0.4, 0.5) is 0 Å². The number of aromatic nitrogens is 1. The fourth-order valence-corrected chi connectivity index (χ4v) is 4.39. The highest BCUT2D eigenvalue weighted by Gasteiger charge is 2.07. The standard InChI is InChI=1S/C21H14N4O2S2/c22-11-14-5-7-15(8-6-14)18-10-9-16(27-18)12-23-25-20(26)13-28-21-24-17-3-1-2-4-19(17)29-21/h1-10,12H,13H2,(H,25,26)/b23-12-. The Morgan fingerprint density at radius 1 is 1.21 bits per heavy atom. The van der Waals surface area contributed by atoms with Crippen LogP contribution in [0, 0.1) is 11.3 Å². The summed E-state index contributed by atoms with van der Waals surface area (Å²) in [5, 5.41) is 12.8. The maximum absolute atomic E-state index is 12.0. The molecule has 2 aromatic carbocycles. The maximum atomic E-state index is 12.0. The van der Waals surface area contributed by atoms with Gasteiger partial charge in [-0.3, -0.25) is 4.79 Å². The number of hydrazone groups is 1. The average Bonchev–Trinajstić information content (AvgIpc) is 3.39. The molecule has 0 atom stereocenters. The summed E-state index contributed by atoms with van der Waals surface area (Å²) in [6.45, 7) is 0. The molecule has 0 fully saturated rings. The summed E-state index contributed by atoms with van der Waals surface area (Å²) in [7, 11) is 0. The number of carbonyl (C=O) groups is 1. The van der Waals surface area contributed by atoms with E-state index in [4.69, 9.17) is 9.68 Å². The van der Waals surface area contributed by atoms with Gasteiger partial charge in [0.25, 0.3) is 5.91 Å². The van der Waals surface area contributed by atoms with Crippen LogP contribution in [-0.4, -0.2) is 22.9 Å². The van der Waals surface area contributed by atoms with Crippen molar-refractivity contribution < 1.29 is 9.21 Å². The third-order valence-corrected chi connectivity index (χ3v) is 6.09. The van der Waals surface area contributed by atoms with Crippen LogP contribution in [0.15, 0.2) is 74.5 Å². The van der Waals surface area contributed by atoms with Crippen LogP contribution in [0.1, 0.15) is 11.3 Å². The van der Waals surface area contributed by atoms with Gasteiger partial charge in [-0.1, -0.05) is 23.9 Å². The van der Waals surface area contributed by atoms with Gasteiger partial charge in [0.05, 0.1) is 33.8 Å². The molecule has 2 heterocycles. The number of nitrogens with one attached hydrogen (secondary N) is 1. The fourth-order valence-electron chi connectivity index (χ4n) is 2.53.